The van der Waals surface area contributed by atoms with E-state index in [-0.39, 0.29) is 44.0 Å². The number of hydrogen-bond donors (Lipinski definition) is 2. The maximum absolute atomic E-state index is 13.6. The molecule has 0 radical (unpaired) electrons. The maximum atomic E-state index is 13.6. The summed E-state index contributed by atoms with van der Waals surface area (Å²) >= 11 is 12.6. The Bertz CT molecular complexity index is 1150. The highest BCUT2D eigenvalue weighted by molar-refractivity contribution is 6.44. The van der Waals surface area contributed by atoms with Gasteiger partial charge in [0.25, 0.3) is 5.91 Å². The van der Waals surface area contributed by atoms with Crippen LogP contribution >= 0.6 is 23.2 Å². The zero-order valence-electron chi connectivity index (χ0n) is 15.5. The maximum Gasteiger partial charge on any atom is 0.252 e. The van der Waals surface area contributed by atoms with Crippen LogP contribution in [-0.2, 0) is 0 Å². The minimum absolute atomic E-state index is 0.00590. The summed E-state index contributed by atoms with van der Waals surface area (Å²) in [5.41, 5.74) is 11.7. The van der Waals surface area contributed by atoms with Crippen LogP contribution in [0.4, 0.5) is 4.39 Å². The average Bonchev–Trinajstić information content (AvgIpc) is 2.71. The first-order chi connectivity index (χ1) is 14.2. The molecule has 0 heterocycles. The van der Waals surface area contributed by atoms with Crippen LogP contribution in [0.1, 0.15) is 20.7 Å². The number of halogens is 3. The van der Waals surface area contributed by atoms with Crippen molar-refractivity contribution in [1.29, 1.82) is 0 Å². The monoisotopic (exact) mass is 448 g/mol. The van der Waals surface area contributed by atoms with Gasteiger partial charge in [-0.2, -0.15) is 0 Å². The summed E-state index contributed by atoms with van der Waals surface area (Å²) < 4.78 is 24.6. The van der Waals surface area contributed by atoms with Crippen molar-refractivity contribution in [3.8, 4) is 28.4 Å². The second kappa shape index (κ2) is 8.61. The fourth-order valence-corrected chi connectivity index (χ4v) is 3.25. The van der Waals surface area contributed by atoms with Gasteiger partial charge in [-0.05, 0) is 35.9 Å². The Kier molecular flexibility index (Phi) is 6.14. The molecule has 3 aromatic carbocycles. The number of carbonyl (C=O) groups excluding carboxylic acids is 2. The van der Waals surface area contributed by atoms with Gasteiger partial charge >= 0.3 is 0 Å². The Balaban J connectivity index is 2.26. The van der Waals surface area contributed by atoms with E-state index in [0.29, 0.717) is 5.56 Å². The van der Waals surface area contributed by atoms with Crippen LogP contribution in [0.3, 0.4) is 0 Å². The molecule has 0 spiro atoms. The van der Waals surface area contributed by atoms with E-state index in [1.165, 1.54) is 37.4 Å². The Morgan fingerprint density at radius 3 is 2.17 bits per heavy atom. The first-order valence-electron chi connectivity index (χ1n) is 8.46. The van der Waals surface area contributed by atoms with E-state index in [1.54, 1.807) is 12.1 Å². The minimum atomic E-state index is -0.820. The van der Waals surface area contributed by atoms with Crippen LogP contribution in [0.15, 0.2) is 48.5 Å². The molecular formula is C21H15Cl2FN2O4. The molecule has 2 amide bonds. The SMILES string of the molecule is COc1cc(F)ccc1Oc1c(C(N)=O)cc(Cl)c(Cl)c1-c1ccc(C(N)=O)cc1. The first kappa shape index (κ1) is 21.4. The lowest BCUT2D eigenvalue weighted by atomic mass is 9.99. The number of nitrogens with two attached hydrogens (primary N) is 2. The highest BCUT2D eigenvalue weighted by Gasteiger charge is 2.24. The van der Waals surface area contributed by atoms with Crippen molar-refractivity contribution in [2.75, 3.05) is 7.11 Å². The van der Waals surface area contributed by atoms with Crippen molar-refractivity contribution in [1.82, 2.24) is 0 Å². The predicted octanol–water partition coefficient (Wildman–Crippen LogP) is 4.80. The molecule has 3 rings (SSSR count). The van der Waals surface area contributed by atoms with E-state index in [1.807, 2.05) is 0 Å². The summed E-state index contributed by atoms with van der Waals surface area (Å²) in [5.74, 6) is -1.76. The molecule has 0 saturated carbocycles. The molecule has 9 heteroatoms. The smallest absolute Gasteiger partial charge is 0.252 e. The molecule has 0 atom stereocenters. The number of amides is 2. The number of benzene rings is 3. The lowest BCUT2D eigenvalue weighted by Crippen LogP contribution is -2.13. The summed E-state index contributed by atoms with van der Waals surface area (Å²) in [5, 5.41) is 0.155. The molecule has 0 aliphatic heterocycles. The third-order valence-electron chi connectivity index (χ3n) is 4.23. The molecule has 0 saturated heterocycles. The van der Waals surface area contributed by atoms with Crippen molar-refractivity contribution in [3.63, 3.8) is 0 Å². The van der Waals surface area contributed by atoms with Gasteiger partial charge in [0.2, 0.25) is 5.91 Å². The number of methoxy groups -OCH3 is 1. The fraction of sp³-hybridized carbons (Fsp3) is 0.0476. The highest BCUT2D eigenvalue weighted by Crippen LogP contribution is 2.46. The third-order valence-corrected chi connectivity index (χ3v) is 5.02. The lowest BCUT2D eigenvalue weighted by Gasteiger charge is -2.18. The number of carbonyl (C=O) groups is 2. The molecule has 6 nitrogen and oxygen atoms in total. The fourth-order valence-electron chi connectivity index (χ4n) is 2.79. The van der Waals surface area contributed by atoms with Crippen LogP contribution in [-0.4, -0.2) is 18.9 Å². The zero-order chi connectivity index (χ0) is 22.0. The zero-order valence-corrected chi connectivity index (χ0v) is 17.1. The quantitative estimate of drug-likeness (QED) is 0.564. The summed E-state index contributed by atoms with van der Waals surface area (Å²) in [6.45, 7) is 0. The summed E-state index contributed by atoms with van der Waals surface area (Å²) in [6.07, 6.45) is 0. The molecule has 0 fully saturated rings. The van der Waals surface area contributed by atoms with Crippen LogP contribution in [0.25, 0.3) is 11.1 Å². The molecule has 4 N–H and O–H groups in total. The predicted molar refractivity (Wildman–Crippen MR) is 112 cm³/mol. The number of ether oxygens (including phenoxy) is 2. The van der Waals surface area contributed by atoms with Crippen molar-refractivity contribution in [2.45, 2.75) is 0 Å². The van der Waals surface area contributed by atoms with Gasteiger partial charge in [-0.25, -0.2) is 4.39 Å². The molecule has 154 valence electrons. The molecule has 3 aromatic rings. The second-order valence-corrected chi connectivity index (χ2v) is 6.91. The lowest BCUT2D eigenvalue weighted by molar-refractivity contribution is 0.0990. The first-order valence-corrected chi connectivity index (χ1v) is 9.22. The van der Waals surface area contributed by atoms with E-state index < -0.39 is 17.6 Å². The van der Waals surface area contributed by atoms with Gasteiger partial charge in [-0.3, -0.25) is 9.59 Å². The van der Waals surface area contributed by atoms with Gasteiger partial charge in [0.1, 0.15) is 11.6 Å². The third kappa shape index (κ3) is 4.17. The Morgan fingerprint density at radius 2 is 1.60 bits per heavy atom. The Morgan fingerprint density at radius 1 is 0.933 bits per heavy atom. The van der Waals surface area contributed by atoms with E-state index in [2.05, 4.69) is 0 Å². The summed E-state index contributed by atoms with van der Waals surface area (Å²) in [7, 11) is 1.34. The topological polar surface area (TPSA) is 105 Å². The van der Waals surface area contributed by atoms with E-state index in [9.17, 15) is 14.0 Å². The number of hydrogen-bond acceptors (Lipinski definition) is 4. The van der Waals surface area contributed by atoms with E-state index in [4.69, 9.17) is 44.1 Å². The standard InChI is InChI=1S/C21H15Cl2FN2O4/c1-29-16-8-12(24)6-7-15(16)30-19-13(21(26)28)9-14(22)18(23)17(19)10-2-4-11(5-3-10)20(25)27/h2-9H,1H3,(H2,25,27)(H2,26,28). The van der Waals surface area contributed by atoms with Crippen molar-refractivity contribution < 1.29 is 23.5 Å². The van der Waals surface area contributed by atoms with Crippen molar-refractivity contribution in [2.24, 2.45) is 11.5 Å². The number of rotatable bonds is 6. The van der Waals surface area contributed by atoms with Crippen molar-refractivity contribution in [3.05, 3.63) is 75.5 Å². The minimum Gasteiger partial charge on any atom is -0.493 e. The van der Waals surface area contributed by atoms with Crippen LogP contribution in [0.5, 0.6) is 17.2 Å². The second-order valence-electron chi connectivity index (χ2n) is 6.13. The van der Waals surface area contributed by atoms with Crippen molar-refractivity contribution >= 4 is 35.0 Å². The molecule has 0 unspecified atom stereocenters. The summed E-state index contributed by atoms with van der Waals surface area (Å²) in [4.78, 5) is 23.5. The van der Waals surface area contributed by atoms with Gasteiger partial charge in [0.15, 0.2) is 11.5 Å². The van der Waals surface area contributed by atoms with Gasteiger partial charge in [0, 0.05) is 17.2 Å². The van der Waals surface area contributed by atoms with Crippen LogP contribution in [0, 0.1) is 5.82 Å². The van der Waals surface area contributed by atoms with E-state index >= 15 is 0 Å². The molecule has 0 bridgehead atoms. The van der Waals surface area contributed by atoms with Crippen LogP contribution in [0.2, 0.25) is 10.0 Å². The largest absolute Gasteiger partial charge is 0.493 e. The molecular weight excluding hydrogens is 434 g/mol. The molecule has 0 aliphatic rings. The van der Waals surface area contributed by atoms with Gasteiger partial charge in [-0.1, -0.05) is 35.3 Å². The highest BCUT2D eigenvalue weighted by atomic mass is 35.5. The molecule has 30 heavy (non-hydrogen) atoms. The number of primary amides is 2. The van der Waals surface area contributed by atoms with Gasteiger partial charge in [-0.15, -0.1) is 0 Å². The molecule has 0 aliphatic carbocycles. The normalized spacial score (nSPS) is 10.5. The summed E-state index contributed by atoms with van der Waals surface area (Å²) in [6, 6.07) is 11.0. The average molecular weight is 449 g/mol. The molecule has 0 aromatic heterocycles. The van der Waals surface area contributed by atoms with Crippen LogP contribution < -0.4 is 20.9 Å². The Labute approximate surface area is 181 Å². The van der Waals surface area contributed by atoms with E-state index in [0.717, 1.165) is 6.07 Å². The van der Waals surface area contributed by atoms with Gasteiger partial charge in [0.05, 0.1) is 22.7 Å². The van der Waals surface area contributed by atoms with Gasteiger partial charge < -0.3 is 20.9 Å². The Hall–Kier alpha value is -3.29.